The van der Waals surface area contributed by atoms with Crippen molar-refractivity contribution in [3.63, 3.8) is 0 Å². The largest absolute Gasteiger partial charge is 0.347 e. The highest BCUT2D eigenvalue weighted by atomic mass is 79.9. The van der Waals surface area contributed by atoms with Gasteiger partial charge in [0.1, 0.15) is 0 Å². The third-order valence-electron chi connectivity index (χ3n) is 2.19. The Morgan fingerprint density at radius 3 is 2.78 bits per heavy atom. The zero-order valence-electron chi connectivity index (χ0n) is 9.26. The van der Waals surface area contributed by atoms with Gasteiger partial charge < -0.3 is 4.57 Å². The van der Waals surface area contributed by atoms with E-state index in [1.807, 2.05) is 5.43 Å². The zero-order valence-corrected chi connectivity index (χ0v) is 10.8. The molecule has 0 radical (unpaired) electrons. The summed E-state index contributed by atoms with van der Waals surface area (Å²) in [5.41, 5.74) is 0.808. The molecule has 18 heavy (non-hydrogen) atoms. The van der Waals surface area contributed by atoms with Gasteiger partial charge in [-0.15, -0.1) is 0 Å². The fourth-order valence-corrected chi connectivity index (χ4v) is 1.80. The number of carbonyl (C=O) groups is 1. The molecule has 98 valence electrons. The average Bonchev–Trinajstić information content (AvgIpc) is 2.32. The van der Waals surface area contributed by atoms with E-state index < -0.39 is 16.0 Å². The molecule has 8 nitrogen and oxygen atoms in total. The Morgan fingerprint density at radius 2 is 2.22 bits per heavy atom. The van der Waals surface area contributed by atoms with Crippen LogP contribution in [0.15, 0.2) is 21.7 Å². The predicted molar refractivity (Wildman–Crippen MR) is 66.6 cm³/mol. The maximum absolute atomic E-state index is 11.4. The number of rotatable bonds is 5. The lowest BCUT2D eigenvalue weighted by atomic mass is 10.3. The molecule has 0 saturated carbocycles. The standard InChI is InChI=1S/C9H11BrN4O4/c10-6-4-13(3-1-2-8(15)12-11)5-7(9(6)16)14(17)18/h4-5H,1-3,11H2,(H,12,15). The van der Waals surface area contributed by atoms with E-state index in [-0.39, 0.29) is 16.8 Å². The van der Waals surface area contributed by atoms with E-state index in [1.165, 1.54) is 10.8 Å². The second-order valence-electron chi connectivity index (χ2n) is 3.49. The van der Waals surface area contributed by atoms with Gasteiger partial charge in [0.15, 0.2) is 0 Å². The molecule has 0 unspecified atom stereocenters. The molecule has 1 heterocycles. The first kappa shape index (κ1) is 14.3. The molecule has 0 fully saturated rings. The molecule has 1 aromatic heterocycles. The molecule has 0 aliphatic rings. The molecule has 0 aromatic carbocycles. The molecule has 0 saturated heterocycles. The predicted octanol–water partition coefficient (Wildman–Crippen LogP) is 0.289. The van der Waals surface area contributed by atoms with E-state index in [0.29, 0.717) is 13.0 Å². The minimum absolute atomic E-state index is 0.111. The lowest BCUT2D eigenvalue weighted by Crippen LogP contribution is -2.29. The van der Waals surface area contributed by atoms with Crippen LogP contribution in [0.1, 0.15) is 12.8 Å². The second kappa shape index (κ2) is 6.26. The van der Waals surface area contributed by atoms with Crippen LogP contribution in [-0.2, 0) is 11.3 Å². The molecule has 0 aliphatic carbocycles. The van der Waals surface area contributed by atoms with Crippen LogP contribution in [0.5, 0.6) is 0 Å². The van der Waals surface area contributed by atoms with Gasteiger partial charge >= 0.3 is 5.69 Å². The Morgan fingerprint density at radius 1 is 1.56 bits per heavy atom. The van der Waals surface area contributed by atoms with Crippen molar-refractivity contribution in [3.8, 4) is 0 Å². The van der Waals surface area contributed by atoms with Gasteiger partial charge in [0, 0.05) is 19.2 Å². The first-order chi connectivity index (χ1) is 8.45. The van der Waals surface area contributed by atoms with Gasteiger partial charge in [-0.05, 0) is 22.4 Å². The summed E-state index contributed by atoms with van der Waals surface area (Å²) in [6.45, 7) is 0.368. The molecule has 0 spiro atoms. The Labute approximate surface area is 110 Å². The highest BCUT2D eigenvalue weighted by Crippen LogP contribution is 2.11. The smallest absolute Gasteiger partial charge is 0.333 e. The van der Waals surface area contributed by atoms with Gasteiger partial charge in [-0.3, -0.25) is 25.1 Å². The number of nitrogens with zero attached hydrogens (tertiary/aromatic N) is 2. The van der Waals surface area contributed by atoms with Gasteiger partial charge in [0.25, 0.3) is 5.43 Å². The van der Waals surface area contributed by atoms with Crippen LogP contribution in [0.3, 0.4) is 0 Å². The summed E-state index contributed by atoms with van der Waals surface area (Å²) in [6.07, 6.45) is 3.24. The molecular formula is C9H11BrN4O4. The lowest BCUT2D eigenvalue weighted by molar-refractivity contribution is -0.386. The van der Waals surface area contributed by atoms with E-state index >= 15 is 0 Å². The normalized spacial score (nSPS) is 10.1. The van der Waals surface area contributed by atoms with Crippen LogP contribution in [-0.4, -0.2) is 15.4 Å². The van der Waals surface area contributed by atoms with Crippen molar-refractivity contribution in [2.75, 3.05) is 0 Å². The van der Waals surface area contributed by atoms with Gasteiger partial charge in [-0.25, -0.2) is 5.84 Å². The molecule has 3 N–H and O–H groups in total. The van der Waals surface area contributed by atoms with Crippen molar-refractivity contribution in [2.24, 2.45) is 5.84 Å². The summed E-state index contributed by atoms with van der Waals surface area (Å²) in [6, 6.07) is 0. The zero-order chi connectivity index (χ0) is 13.7. The Kier molecular flexibility index (Phi) is 4.98. The number of hydrazine groups is 1. The summed E-state index contributed by atoms with van der Waals surface area (Å²) < 4.78 is 1.59. The molecule has 1 amide bonds. The van der Waals surface area contributed by atoms with Gasteiger partial charge in [-0.1, -0.05) is 0 Å². The highest BCUT2D eigenvalue weighted by Gasteiger charge is 2.15. The third-order valence-corrected chi connectivity index (χ3v) is 2.76. The molecule has 9 heteroatoms. The van der Waals surface area contributed by atoms with E-state index in [9.17, 15) is 19.7 Å². The third kappa shape index (κ3) is 3.64. The van der Waals surface area contributed by atoms with Gasteiger partial charge in [0.2, 0.25) is 5.91 Å². The van der Waals surface area contributed by atoms with Crippen molar-refractivity contribution < 1.29 is 9.72 Å². The van der Waals surface area contributed by atoms with Crippen molar-refractivity contribution in [1.29, 1.82) is 0 Å². The first-order valence-electron chi connectivity index (χ1n) is 4.99. The fraction of sp³-hybridized carbons (Fsp3) is 0.333. The Bertz CT molecular complexity index is 528. The van der Waals surface area contributed by atoms with E-state index in [1.54, 1.807) is 0 Å². The first-order valence-corrected chi connectivity index (χ1v) is 5.78. The fourth-order valence-electron chi connectivity index (χ4n) is 1.33. The summed E-state index contributed by atoms with van der Waals surface area (Å²) in [5, 5.41) is 10.6. The Balaban J connectivity index is 2.82. The minimum atomic E-state index is -0.740. The molecule has 0 bridgehead atoms. The van der Waals surface area contributed by atoms with Crippen LogP contribution in [0.2, 0.25) is 0 Å². The van der Waals surface area contributed by atoms with Crippen molar-refractivity contribution in [2.45, 2.75) is 19.4 Å². The summed E-state index contributed by atoms with van der Waals surface area (Å²) in [4.78, 5) is 32.2. The number of nitro groups is 1. The van der Waals surface area contributed by atoms with Crippen LogP contribution in [0.25, 0.3) is 0 Å². The number of carbonyl (C=O) groups excluding carboxylic acids is 1. The Hall–Kier alpha value is -1.74. The number of aromatic nitrogens is 1. The summed E-state index contributed by atoms with van der Waals surface area (Å²) >= 11 is 2.96. The number of aryl methyl sites for hydroxylation is 1. The van der Waals surface area contributed by atoms with E-state index in [4.69, 9.17) is 5.84 Å². The van der Waals surface area contributed by atoms with Crippen molar-refractivity contribution >= 4 is 27.5 Å². The number of nitrogens with two attached hydrogens (primary N) is 1. The number of nitrogens with one attached hydrogen (secondary N) is 1. The topological polar surface area (TPSA) is 120 Å². The molecule has 0 aliphatic heterocycles. The van der Waals surface area contributed by atoms with Crippen LogP contribution < -0.4 is 16.7 Å². The van der Waals surface area contributed by atoms with E-state index in [2.05, 4.69) is 15.9 Å². The number of hydrogen-bond donors (Lipinski definition) is 2. The molecular weight excluding hydrogens is 308 g/mol. The van der Waals surface area contributed by atoms with Crippen molar-refractivity contribution in [3.05, 3.63) is 37.2 Å². The maximum Gasteiger partial charge on any atom is 0.333 e. The quantitative estimate of drug-likeness (QED) is 0.350. The van der Waals surface area contributed by atoms with Gasteiger partial charge in [0.05, 0.1) is 15.6 Å². The maximum atomic E-state index is 11.4. The number of hydrogen-bond acceptors (Lipinski definition) is 5. The average molecular weight is 319 g/mol. The monoisotopic (exact) mass is 318 g/mol. The molecule has 0 atom stereocenters. The van der Waals surface area contributed by atoms with Gasteiger partial charge in [-0.2, -0.15) is 0 Å². The minimum Gasteiger partial charge on any atom is -0.347 e. The number of amides is 1. The van der Waals surface area contributed by atoms with Crippen LogP contribution in [0, 0.1) is 10.1 Å². The van der Waals surface area contributed by atoms with E-state index in [0.717, 1.165) is 6.20 Å². The van der Waals surface area contributed by atoms with Crippen molar-refractivity contribution in [1.82, 2.24) is 9.99 Å². The number of halogens is 1. The lowest BCUT2D eigenvalue weighted by Gasteiger charge is -2.06. The molecule has 1 aromatic rings. The SMILES string of the molecule is NNC(=O)CCCn1cc(Br)c(=O)c([N+](=O)[O-])c1. The van der Waals surface area contributed by atoms with Crippen LogP contribution in [0.4, 0.5) is 5.69 Å². The number of pyridine rings is 1. The van der Waals surface area contributed by atoms with Crippen LogP contribution >= 0.6 is 15.9 Å². The summed E-state index contributed by atoms with van der Waals surface area (Å²) in [7, 11) is 0. The second-order valence-corrected chi connectivity index (χ2v) is 4.34. The molecule has 1 rings (SSSR count). The summed E-state index contributed by atoms with van der Waals surface area (Å²) in [5.74, 6) is 4.60. The highest BCUT2D eigenvalue weighted by molar-refractivity contribution is 9.10.